The Balaban J connectivity index is 1.53. The first kappa shape index (κ1) is 27.5. The Hall–Kier alpha value is -3.10. The van der Waals surface area contributed by atoms with E-state index in [1.807, 2.05) is 4.90 Å². The third kappa shape index (κ3) is 9.51. The molecule has 198 valence electrons. The van der Waals surface area contributed by atoms with Crippen LogP contribution in [0.3, 0.4) is 0 Å². The molecule has 1 aliphatic rings. The van der Waals surface area contributed by atoms with E-state index in [9.17, 15) is 4.79 Å². The minimum Gasteiger partial charge on any atom is -0.396 e. The lowest BCUT2D eigenvalue weighted by atomic mass is 10.2. The first-order valence-corrected chi connectivity index (χ1v) is 12.1. The molecule has 1 aliphatic heterocycles. The highest BCUT2D eigenvalue weighted by Crippen LogP contribution is 2.19. The van der Waals surface area contributed by atoms with E-state index >= 15 is 0 Å². The van der Waals surface area contributed by atoms with Gasteiger partial charge < -0.3 is 45.9 Å². The summed E-state index contributed by atoms with van der Waals surface area (Å²) < 4.78 is 16.1. The molecule has 0 radical (unpaired) electrons. The topological polar surface area (TPSA) is 169 Å². The number of aliphatic hydroxyl groups is 1. The lowest BCUT2D eigenvalue weighted by Gasteiger charge is -2.27. The number of aliphatic hydroxyl groups excluding tert-OH is 1. The van der Waals surface area contributed by atoms with Crippen LogP contribution in [0.15, 0.2) is 24.3 Å². The Kier molecular flexibility index (Phi) is 12.1. The van der Waals surface area contributed by atoms with Crippen molar-refractivity contribution in [2.24, 2.45) is 5.73 Å². The SMILES string of the molecule is NCCOCCOCCNC(=O)c1ccc(Nc2nc(NCCCO)nc(N3CCOCC3)n2)cc1. The lowest BCUT2D eigenvalue weighted by molar-refractivity contribution is 0.0511. The van der Waals surface area contributed by atoms with Crippen LogP contribution in [0.1, 0.15) is 16.8 Å². The Morgan fingerprint density at radius 3 is 2.44 bits per heavy atom. The van der Waals surface area contributed by atoms with Gasteiger partial charge in [0.1, 0.15) is 0 Å². The van der Waals surface area contributed by atoms with Gasteiger partial charge in [0.2, 0.25) is 17.8 Å². The third-order valence-electron chi connectivity index (χ3n) is 5.10. The van der Waals surface area contributed by atoms with Crippen molar-refractivity contribution in [3.05, 3.63) is 29.8 Å². The highest BCUT2D eigenvalue weighted by molar-refractivity contribution is 5.94. The standard InChI is InChI=1S/C23H36N8O5/c24-6-12-34-16-17-35-13-8-25-20(33)18-2-4-19(5-3-18)27-22-28-21(26-7-1-11-32)29-23(30-22)31-9-14-36-15-10-31/h2-5,32H,1,6-17,24H2,(H,25,33)(H2,26,27,28,29,30). The van der Waals surface area contributed by atoms with Gasteiger partial charge >= 0.3 is 0 Å². The van der Waals surface area contributed by atoms with Gasteiger partial charge in [0.25, 0.3) is 5.91 Å². The van der Waals surface area contributed by atoms with Gasteiger partial charge in [-0.3, -0.25) is 4.79 Å². The number of nitrogens with zero attached hydrogens (tertiary/aromatic N) is 4. The highest BCUT2D eigenvalue weighted by Gasteiger charge is 2.17. The number of hydrogen-bond acceptors (Lipinski definition) is 12. The second-order valence-electron chi connectivity index (χ2n) is 7.86. The molecule has 1 aromatic heterocycles. The predicted octanol–water partition coefficient (Wildman–Crippen LogP) is -0.0322. The van der Waals surface area contributed by atoms with Gasteiger partial charge in [-0.1, -0.05) is 0 Å². The summed E-state index contributed by atoms with van der Waals surface area (Å²) in [4.78, 5) is 27.9. The summed E-state index contributed by atoms with van der Waals surface area (Å²) in [6.07, 6.45) is 0.584. The van der Waals surface area contributed by atoms with Crippen molar-refractivity contribution >= 4 is 29.4 Å². The van der Waals surface area contributed by atoms with Crippen LogP contribution in [-0.2, 0) is 14.2 Å². The molecular weight excluding hydrogens is 468 g/mol. The van der Waals surface area contributed by atoms with Gasteiger partial charge in [-0.05, 0) is 30.7 Å². The van der Waals surface area contributed by atoms with Gasteiger partial charge in [0, 0.05) is 50.6 Å². The summed E-state index contributed by atoms with van der Waals surface area (Å²) in [6.45, 7) is 5.96. The fraction of sp³-hybridized carbons (Fsp3) is 0.565. The molecule has 0 saturated carbocycles. The van der Waals surface area contributed by atoms with Gasteiger partial charge in [0.15, 0.2) is 0 Å². The zero-order chi connectivity index (χ0) is 25.4. The van der Waals surface area contributed by atoms with E-state index in [0.717, 1.165) is 5.69 Å². The number of nitrogens with two attached hydrogens (primary N) is 1. The van der Waals surface area contributed by atoms with E-state index in [1.54, 1.807) is 24.3 Å². The fourth-order valence-corrected chi connectivity index (χ4v) is 3.26. The predicted molar refractivity (Wildman–Crippen MR) is 136 cm³/mol. The largest absolute Gasteiger partial charge is 0.396 e. The molecule has 13 heteroatoms. The van der Waals surface area contributed by atoms with Crippen LogP contribution in [0, 0.1) is 0 Å². The summed E-state index contributed by atoms with van der Waals surface area (Å²) in [5, 5.41) is 18.2. The van der Waals surface area contributed by atoms with Gasteiger partial charge in [-0.25, -0.2) is 0 Å². The maximum absolute atomic E-state index is 12.4. The fourth-order valence-electron chi connectivity index (χ4n) is 3.26. The Morgan fingerprint density at radius 2 is 1.72 bits per heavy atom. The van der Waals surface area contributed by atoms with E-state index in [-0.39, 0.29) is 12.5 Å². The van der Waals surface area contributed by atoms with Crippen molar-refractivity contribution in [1.82, 2.24) is 20.3 Å². The number of ether oxygens (including phenoxy) is 3. The van der Waals surface area contributed by atoms with Crippen LogP contribution in [-0.4, -0.2) is 105 Å². The molecule has 36 heavy (non-hydrogen) atoms. The maximum Gasteiger partial charge on any atom is 0.251 e. The van der Waals surface area contributed by atoms with Crippen molar-refractivity contribution in [2.45, 2.75) is 6.42 Å². The number of hydrogen-bond donors (Lipinski definition) is 5. The molecular formula is C23H36N8O5. The van der Waals surface area contributed by atoms with E-state index in [2.05, 4.69) is 30.9 Å². The molecule has 3 rings (SSSR count). The Labute approximate surface area is 210 Å². The van der Waals surface area contributed by atoms with Crippen LogP contribution >= 0.6 is 0 Å². The number of carbonyl (C=O) groups excluding carboxylic acids is 1. The van der Waals surface area contributed by atoms with Gasteiger partial charge in [-0.15, -0.1) is 0 Å². The summed E-state index contributed by atoms with van der Waals surface area (Å²) in [5.41, 5.74) is 6.61. The highest BCUT2D eigenvalue weighted by atomic mass is 16.5. The average molecular weight is 505 g/mol. The van der Waals surface area contributed by atoms with E-state index in [0.29, 0.717) is 102 Å². The van der Waals surface area contributed by atoms with Crippen molar-refractivity contribution in [2.75, 3.05) is 94.5 Å². The maximum atomic E-state index is 12.4. The molecule has 1 fully saturated rings. The number of rotatable bonds is 16. The van der Waals surface area contributed by atoms with E-state index < -0.39 is 0 Å². The zero-order valence-electron chi connectivity index (χ0n) is 20.4. The summed E-state index contributed by atoms with van der Waals surface area (Å²) in [5.74, 6) is 1.16. The smallest absolute Gasteiger partial charge is 0.251 e. The van der Waals surface area contributed by atoms with Crippen LogP contribution in [0.2, 0.25) is 0 Å². The molecule has 1 amide bonds. The second kappa shape index (κ2) is 15.8. The number of nitrogens with one attached hydrogen (secondary N) is 3. The van der Waals surface area contributed by atoms with Crippen LogP contribution < -0.4 is 26.6 Å². The minimum atomic E-state index is -0.185. The number of anilines is 4. The Bertz CT molecular complexity index is 912. The summed E-state index contributed by atoms with van der Waals surface area (Å²) in [7, 11) is 0. The monoisotopic (exact) mass is 504 g/mol. The number of carbonyl (C=O) groups is 1. The molecule has 0 unspecified atom stereocenters. The Morgan fingerprint density at radius 1 is 1.00 bits per heavy atom. The van der Waals surface area contributed by atoms with E-state index in [4.69, 9.17) is 25.1 Å². The molecule has 0 aliphatic carbocycles. The second-order valence-corrected chi connectivity index (χ2v) is 7.86. The number of aromatic nitrogens is 3. The molecule has 0 bridgehead atoms. The van der Waals surface area contributed by atoms with Crippen LogP contribution in [0.5, 0.6) is 0 Å². The van der Waals surface area contributed by atoms with Crippen molar-refractivity contribution in [3.63, 3.8) is 0 Å². The lowest BCUT2D eigenvalue weighted by Crippen LogP contribution is -2.37. The first-order valence-electron chi connectivity index (χ1n) is 12.1. The molecule has 6 N–H and O–H groups in total. The molecule has 1 saturated heterocycles. The van der Waals surface area contributed by atoms with Crippen LogP contribution in [0.25, 0.3) is 0 Å². The molecule has 0 atom stereocenters. The van der Waals surface area contributed by atoms with Crippen LogP contribution in [0.4, 0.5) is 23.5 Å². The average Bonchev–Trinajstić information content (AvgIpc) is 2.91. The molecule has 13 nitrogen and oxygen atoms in total. The minimum absolute atomic E-state index is 0.0800. The first-order chi connectivity index (χ1) is 17.7. The number of morpholine rings is 1. The molecule has 2 aromatic rings. The molecule has 2 heterocycles. The van der Waals surface area contributed by atoms with Crippen molar-refractivity contribution in [1.29, 1.82) is 0 Å². The normalized spacial score (nSPS) is 13.4. The summed E-state index contributed by atoms with van der Waals surface area (Å²) in [6, 6.07) is 7.03. The quantitative estimate of drug-likeness (QED) is 0.194. The molecule has 1 aromatic carbocycles. The third-order valence-corrected chi connectivity index (χ3v) is 5.10. The van der Waals surface area contributed by atoms with E-state index in [1.165, 1.54) is 0 Å². The summed E-state index contributed by atoms with van der Waals surface area (Å²) >= 11 is 0. The number of benzene rings is 1. The molecule has 0 spiro atoms. The zero-order valence-corrected chi connectivity index (χ0v) is 20.4. The van der Waals surface area contributed by atoms with Gasteiger partial charge in [0.05, 0.1) is 39.6 Å². The van der Waals surface area contributed by atoms with Crippen molar-refractivity contribution in [3.8, 4) is 0 Å². The van der Waals surface area contributed by atoms with Crippen molar-refractivity contribution < 1.29 is 24.1 Å². The number of amides is 1. The van der Waals surface area contributed by atoms with Gasteiger partial charge in [-0.2, -0.15) is 15.0 Å².